The Morgan fingerprint density at radius 1 is 1.26 bits per heavy atom. The van der Waals surface area contributed by atoms with Gasteiger partial charge in [-0.3, -0.25) is 9.59 Å². The zero-order valence-corrected chi connectivity index (χ0v) is 11.3. The van der Waals surface area contributed by atoms with Gasteiger partial charge in [-0.2, -0.15) is 0 Å². The first-order chi connectivity index (χ1) is 8.88. The predicted octanol–water partition coefficient (Wildman–Crippen LogP) is 1.37. The van der Waals surface area contributed by atoms with Crippen LogP contribution >= 0.6 is 0 Å². The fourth-order valence-corrected chi connectivity index (χ4v) is 2.02. The van der Waals surface area contributed by atoms with Crippen molar-refractivity contribution in [2.75, 3.05) is 25.2 Å². The highest BCUT2D eigenvalue weighted by Gasteiger charge is 2.54. The van der Waals surface area contributed by atoms with Gasteiger partial charge in [-0.25, -0.2) is 0 Å². The lowest BCUT2D eigenvalue weighted by molar-refractivity contribution is -0.183. The number of carboxylic acids is 1. The summed E-state index contributed by atoms with van der Waals surface area (Å²) >= 11 is 0. The minimum Gasteiger partial charge on any atom is -0.480 e. The smallest absolute Gasteiger partial charge is 0.324 e. The molecule has 102 valence electrons. The summed E-state index contributed by atoms with van der Waals surface area (Å²) in [5.74, 6) is -1.56. The fraction of sp³-hybridized carbons (Fsp3) is 0.429. The number of hydrogen-bond acceptors (Lipinski definition) is 3. The molecule has 19 heavy (non-hydrogen) atoms. The second kappa shape index (κ2) is 4.66. The average Bonchev–Trinajstić information content (AvgIpc) is 2.29. The lowest BCUT2D eigenvalue weighted by Gasteiger charge is -2.38. The molecule has 0 unspecified atom stereocenters. The summed E-state index contributed by atoms with van der Waals surface area (Å²) in [6, 6.07) is 5.61. The molecule has 0 spiro atoms. The Morgan fingerprint density at radius 2 is 1.89 bits per heavy atom. The Labute approximate surface area is 111 Å². The van der Waals surface area contributed by atoms with Crippen molar-refractivity contribution in [2.24, 2.45) is 5.41 Å². The summed E-state index contributed by atoms with van der Waals surface area (Å²) < 4.78 is 4.92. The number of benzene rings is 1. The van der Waals surface area contributed by atoms with Gasteiger partial charge in [0.2, 0.25) is 5.91 Å². The topological polar surface area (TPSA) is 66.8 Å². The van der Waals surface area contributed by atoms with Crippen LogP contribution in [0.1, 0.15) is 11.1 Å². The van der Waals surface area contributed by atoms with Gasteiger partial charge in [0, 0.05) is 12.7 Å². The van der Waals surface area contributed by atoms with Crippen molar-refractivity contribution >= 4 is 17.6 Å². The number of carbonyl (C=O) groups is 2. The van der Waals surface area contributed by atoms with E-state index in [4.69, 9.17) is 4.74 Å². The van der Waals surface area contributed by atoms with E-state index in [1.54, 1.807) is 7.05 Å². The molecule has 0 saturated carbocycles. The fourth-order valence-electron chi connectivity index (χ4n) is 2.02. The number of anilines is 1. The molecule has 1 N–H and O–H groups in total. The van der Waals surface area contributed by atoms with E-state index in [0.29, 0.717) is 5.69 Å². The Kier molecular flexibility index (Phi) is 3.32. The summed E-state index contributed by atoms with van der Waals surface area (Å²) in [6.07, 6.45) is 0. The third-order valence-electron chi connectivity index (χ3n) is 3.70. The van der Waals surface area contributed by atoms with Crippen molar-refractivity contribution in [3.8, 4) is 0 Å². The second-order valence-electron chi connectivity index (χ2n) is 5.01. The van der Waals surface area contributed by atoms with Crippen molar-refractivity contribution < 1.29 is 19.4 Å². The van der Waals surface area contributed by atoms with Gasteiger partial charge >= 0.3 is 5.97 Å². The van der Waals surface area contributed by atoms with E-state index in [1.165, 1.54) is 4.90 Å². The molecular weight excluding hydrogens is 246 g/mol. The summed E-state index contributed by atoms with van der Waals surface area (Å²) in [4.78, 5) is 25.0. The SMILES string of the molecule is Cc1ccc(N(C)C(=O)C2(C(=O)O)COC2)cc1C. The molecule has 1 aromatic rings. The molecule has 2 rings (SSSR count). The third-order valence-corrected chi connectivity index (χ3v) is 3.70. The number of aliphatic carboxylic acids is 1. The van der Waals surface area contributed by atoms with Crippen molar-refractivity contribution in [3.05, 3.63) is 29.3 Å². The van der Waals surface area contributed by atoms with Gasteiger partial charge in [0.25, 0.3) is 0 Å². The molecule has 1 saturated heterocycles. The molecule has 1 aromatic carbocycles. The van der Waals surface area contributed by atoms with E-state index in [-0.39, 0.29) is 13.2 Å². The zero-order valence-electron chi connectivity index (χ0n) is 11.3. The number of amides is 1. The molecule has 0 aliphatic carbocycles. The molecule has 1 fully saturated rings. The van der Waals surface area contributed by atoms with Gasteiger partial charge in [-0.1, -0.05) is 6.07 Å². The van der Waals surface area contributed by atoms with Gasteiger partial charge < -0.3 is 14.7 Å². The number of hydrogen-bond donors (Lipinski definition) is 1. The number of nitrogens with zero attached hydrogens (tertiary/aromatic N) is 1. The van der Waals surface area contributed by atoms with E-state index in [9.17, 15) is 14.7 Å². The van der Waals surface area contributed by atoms with Gasteiger partial charge in [-0.05, 0) is 37.1 Å². The first kappa shape index (κ1) is 13.5. The van der Waals surface area contributed by atoms with Crippen LogP contribution in [0.5, 0.6) is 0 Å². The summed E-state index contributed by atoms with van der Waals surface area (Å²) in [5.41, 5.74) is 1.46. The Hall–Kier alpha value is -1.88. The highest BCUT2D eigenvalue weighted by molar-refractivity contribution is 6.10. The third kappa shape index (κ3) is 2.10. The molecule has 5 nitrogen and oxygen atoms in total. The van der Waals surface area contributed by atoms with Crippen molar-refractivity contribution in [3.63, 3.8) is 0 Å². The molecule has 1 aliphatic heterocycles. The van der Waals surface area contributed by atoms with Crippen LogP contribution in [-0.4, -0.2) is 37.2 Å². The van der Waals surface area contributed by atoms with E-state index in [2.05, 4.69) is 0 Å². The van der Waals surface area contributed by atoms with Gasteiger partial charge in [-0.15, -0.1) is 0 Å². The normalized spacial score (nSPS) is 16.6. The lowest BCUT2D eigenvalue weighted by atomic mass is 9.84. The molecule has 0 atom stereocenters. The molecule has 1 heterocycles. The van der Waals surface area contributed by atoms with Crippen LogP contribution in [0.15, 0.2) is 18.2 Å². The standard InChI is InChI=1S/C14H17NO4/c1-9-4-5-11(6-10(9)2)15(3)12(16)14(13(17)18)7-19-8-14/h4-6H,7-8H2,1-3H3,(H,17,18). The van der Waals surface area contributed by atoms with Crippen LogP contribution in [0.25, 0.3) is 0 Å². The first-order valence-electron chi connectivity index (χ1n) is 6.05. The Morgan fingerprint density at radius 3 is 2.32 bits per heavy atom. The van der Waals surface area contributed by atoms with Crippen LogP contribution in [0.4, 0.5) is 5.69 Å². The summed E-state index contributed by atoms with van der Waals surface area (Å²) in [5, 5.41) is 9.22. The number of ether oxygens (including phenoxy) is 1. The van der Waals surface area contributed by atoms with Gasteiger partial charge in [0.05, 0.1) is 13.2 Å². The van der Waals surface area contributed by atoms with Crippen molar-refractivity contribution in [1.29, 1.82) is 0 Å². The highest BCUT2D eigenvalue weighted by atomic mass is 16.5. The largest absolute Gasteiger partial charge is 0.480 e. The van der Waals surface area contributed by atoms with Gasteiger partial charge in [0.1, 0.15) is 0 Å². The van der Waals surface area contributed by atoms with E-state index < -0.39 is 17.3 Å². The molecule has 0 aromatic heterocycles. The van der Waals surface area contributed by atoms with E-state index in [1.807, 2.05) is 32.0 Å². The predicted molar refractivity (Wildman–Crippen MR) is 70.2 cm³/mol. The molecular formula is C14H17NO4. The second-order valence-corrected chi connectivity index (χ2v) is 5.01. The molecule has 1 aliphatic rings. The average molecular weight is 263 g/mol. The van der Waals surface area contributed by atoms with Crippen LogP contribution in [0.3, 0.4) is 0 Å². The Bertz CT molecular complexity index is 534. The van der Waals surface area contributed by atoms with Crippen LogP contribution in [0.2, 0.25) is 0 Å². The number of carboxylic acid groups (broad SMARTS) is 1. The monoisotopic (exact) mass is 263 g/mol. The molecule has 0 bridgehead atoms. The summed E-state index contributed by atoms with van der Waals surface area (Å²) in [7, 11) is 1.59. The quantitative estimate of drug-likeness (QED) is 0.836. The molecule has 5 heteroatoms. The molecule has 1 amide bonds. The maximum Gasteiger partial charge on any atom is 0.324 e. The van der Waals surface area contributed by atoms with Crippen LogP contribution in [-0.2, 0) is 14.3 Å². The van der Waals surface area contributed by atoms with Gasteiger partial charge in [0.15, 0.2) is 5.41 Å². The van der Waals surface area contributed by atoms with E-state index >= 15 is 0 Å². The lowest BCUT2D eigenvalue weighted by Crippen LogP contribution is -2.59. The van der Waals surface area contributed by atoms with Crippen LogP contribution < -0.4 is 4.90 Å². The molecule has 0 radical (unpaired) electrons. The highest BCUT2D eigenvalue weighted by Crippen LogP contribution is 2.32. The van der Waals surface area contributed by atoms with Crippen molar-refractivity contribution in [1.82, 2.24) is 0 Å². The Balaban J connectivity index is 2.28. The maximum absolute atomic E-state index is 12.4. The first-order valence-corrected chi connectivity index (χ1v) is 6.05. The number of aryl methyl sites for hydroxylation is 2. The maximum atomic E-state index is 12.4. The summed E-state index contributed by atoms with van der Waals surface area (Å²) in [6.45, 7) is 3.82. The van der Waals surface area contributed by atoms with E-state index in [0.717, 1.165) is 11.1 Å². The number of rotatable bonds is 3. The minimum absolute atomic E-state index is 0.0592. The minimum atomic E-state index is -1.42. The zero-order chi connectivity index (χ0) is 14.2. The van der Waals surface area contributed by atoms with Crippen LogP contribution in [0, 0.1) is 19.3 Å². The van der Waals surface area contributed by atoms with Crippen molar-refractivity contribution in [2.45, 2.75) is 13.8 Å². The number of carbonyl (C=O) groups excluding carboxylic acids is 1.